The quantitative estimate of drug-likeness (QED) is 0.0667. The molecule has 1 amide bonds. The normalized spacial score (nSPS) is 14.2. The van der Waals surface area contributed by atoms with Crippen LogP contribution in [0.15, 0.2) is 12.2 Å². The Morgan fingerprint density at radius 3 is 1.74 bits per heavy atom. The molecule has 0 aliphatic carbocycles. The number of primary amides is 1. The molecule has 0 aliphatic rings. The lowest BCUT2D eigenvalue weighted by atomic mass is 9.87. The highest BCUT2D eigenvalue weighted by molar-refractivity contribution is 6.01. The summed E-state index contributed by atoms with van der Waals surface area (Å²) in [6, 6.07) is -0.0875. The van der Waals surface area contributed by atoms with Crippen molar-refractivity contribution < 1.29 is 4.79 Å². The van der Waals surface area contributed by atoms with Crippen molar-refractivity contribution in [1.29, 1.82) is 5.41 Å². The van der Waals surface area contributed by atoms with Crippen LogP contribution in [0.5, 0.6) is 0 Å². The number of hydrogen-bond donors (Lipinski definition) is 4. The Morgan fingerprint density at radius 2 is 1.32 bits per heavy atom. The average Bonchev–Trinajstić information content (AvgIpc) is 2.79. The van der Waals surface area contributed by atoms with E-state index in [1.807, 2.05) is 13.8 Å². The van der Waals surface area contributed by atoms with Crippen molar-refractivity contribution in [1.82, 2.24) is 5.32 Å². The van der Waals surface area contributed by atoms with E-state index in [4.69, 9.17) is 16.9 Å². The fourth-order valence-electron chi connectivity index (χ4n) is 4.64. The first-order valence-electron chi connectivity index (χ1n) is 14.3. The molecule has 0 aromatic heterocycles. The third kappa shape index (κ3) is 16.4. The first-order valence-corrected chi connectivity index (χ1v) is 14.3. The summed E-state index contributed by atoms with van der Waals surface area (Å²) in [6.07, 6.45) is 20.4. The number of unbranched alkanes of at least 4 members (excludes halogenated alkanes) is 12. The molecule has 0 bridgehead atoms. The van der Waals surface area contributed by atoms with Gasteiger partial charge in [0, 0.05) is 12.0 Å². The molecule has 5 heteroatoms. The summed E-state index contributed by atoms with van der Waals surface area (Å²) < 4.78 is 0. The fourth-order valence-corrected chi connectivity index (χ4v) is 4.64. The molecule has 6 N–H and O–H groups in total. The first kappa shape index (κ1) is 32.8. The standard InChI is InChI=1S/C29H58N4O/c1-6-8-9-10-11-12-13-14-15-16-17-18-19-20-27(30)33-26(7-2)28(31)24(5)21-22-25(23(3)4)29(32)34/h23,25-27,31,33H,5-22,30H2,1-4H3,(H2,32,34). The van der Waals surface area contributed by atoms with Gasteiger partial charge in [0.05, 0.1) is 11.9 Å². The van der Waals surface area contributed by atoms with Gasteiger partial charge >= 0.3 is 0 Å². The number of carbonyl (C=O) groups is 1. The average molecular weight is 479 g/mol. The van der Waals surface area contributed by atoms with E-state index < -0.39 is 0 Å². The van der Waals surface area contributed by atoms with Gasteiger partial charge in [-0.3, -0.25) is 10.1 Å². The molecular formula is C29H58N4O. The van der Waals surface area contributed by atoms with Crippen molar-refractivity contribution in [2.45, 2.75) is 149 Å². The number of amides is 1. The maximum absolute atomic E-state index is 11.6. The minimum atomic E-state index is -0.265. The zero-order valence-corrected chi connectivity index (χ0v) is 23.1. The predicted octanol–water partition coefficient (Wildman–Crippen LogP) is 7.23. The molecule has 0 spiro atoms. The van der Waals surface area contributed by atoms with Crippen LogP contribution in [-0.2, 0) is 4.79 Å². The second-order valence-corrected chi connectivity index (χ2v) is 10.6. The smallest absolute Gasteiger partial charge is 0.220 e. The van der Waals surface area contributed by atoms with Gasteiger partial charge in [-0.05, 0) is 37.2 Å². The monoisotopic (exact) mass is 478 g/mol. The third-order valence-electron chi connectivity index (χ3n) is 7.10. The van der Waals surface area contributed by atoms with Gasteiger partial charge in [-0.2, -0.15) is 0 Å². The van der Waals surface area contributed by atoms with Crippen LogP contribution in [0.4, 0.5) is 0 Å². The van der Waals surface area contributed by atoms with Crippen LogP contribution in [-0.4, -0.2) is 23.8 Å². The van der Waals surface area contributed by atoms with Crippen LogP contribution in [0.2, 0.25) is 0 Å². The van der Waals surface area contributed by atoms with E-state index in [0.29, 0.717) is 18.6 Å². The number of carbonyl (C=O) groups excluding carboxylic acids is 1. The SMILES string of the molecule is C=C(CCC(C(N)=O)C(C)C)C(=N)C(CC)NC(N)CCCCCCCCCCCCCCC. The molecular weight excluding hydrogens is 420 g/mol. The van der Waals surface area contributed by atoms with Gasteiger partial charge in [0.2, 0.25) is 5.91 Å². The van der Waals surface area contributed by atoms with Gasteiger partial charge in [-0.25, -0.2) is 0 Å². The highest BCUT2D eigenvalue weighted by Crippen LogP contribution is 2.21. The van der Waals surface area contributed by atoms with E-state index in [0.717, 1.165) is 24.8 Å². The Bertz CT molecular complexity index is 546. The lowest BCUT2D eigenvalue weighted by Gasteiger charge is -2.25. The van der Waals surface area contributed by atoms with E-state index in [2.05, 4.69) is 25.7 Å². The van der Waals surface area contributed by atoms with E-state index in [9.17, 15) is 4.79 Å². The molecule has 0 aromatic rings. The maximum Gasteiger partial charge on any atom is 0.220 e. The number of rotatable bonds is 24. The van der Waals surface area contributed by atoms with E-state index in [1.165, 1.54) is 77.0 Å². The molecule has 5 nitrogen and oxygen atoms in total. The predicted molar refractivity (Wildman–Crippen MR) is 149 cm³/mol. The minimum absolute atomic E-state index is 0.0875. The molecule has 3 atom stereocenters. The number of nitrogens with two attached hydrogens (primary N) is 2. The molecule has 0 radical (unpaired) electrons. The Morgan fingerprint density at radius 1 is 0.853 bits per heavy atom. The van der Waals surface area contributed by atoms with E-state index >= 15 is 0 Å². The van der Waals surface area contributed by atoms with Gasteiger partial charge in [0.1, 0.15) is 0 Å². The van der Waals surface area contributed by atoms with Gasteiger partial charge in [-0.1, -0.05) is 118 Å². The molecule has 0 heterocycles. The summed E-state index contributed by atoms with van der Waals surface area (Å²) in [5, 5.41) is 12.0. The molecule has 3 unspecified atom stereocenters. The summed E-state index contributed by atoms with van der Waals surface area (Å²) in [4.78, 5) is 11.6. The lowest BCUT2D eigenvalue weighted by Crippen LogP contribution is -2.47. The molecule has 0 aromatic carbocycles. The third-order valence-corrected chi connectivity index (χ3v) is 7.10. The Labute approximate surface area is 211 Å². The largest absolute Gasteiger partial charge is 0.369 e. The highest BCUT2D eigenvalue weighted by Gasteiger charge is 2.22. The highest BCUT2D eigenvalue weighted by atomic mass is 16.1. The molecule has 34 heavy (non-hydrogen) atoms. The molecule has 0 aliphatic heterocycles. The lowest BCUT2D eigenvalue weighted by molar-refractivity contribution is -0.123. The van der Waals surface area contributed by atoms with Crippen LogP contribution >= 0.6 is 0 Å². The van der Waals surface area contributed by atoms with Crippen molar-refractivity contribution in [3.8, 4) is 0 Å². The maximum atomic E-state index is 11.6. The van der Waals surface area contributed by atoms with Crippen molar-refractivity contribution in [2.75, 3.05) is 0 Å². The summed E-state index contributed by atoms with van der Waals surface area (Å²) in [5.74, 6) is -0.233. The molecule has 0 fully saturated rings. The second-order valence-electron chi connectivity index (χ2n) is 10.6. The summed E-state index contributed by atoms with van der Waals surface area (Å²) >= 11 is 0. The molecule has 0 saturated carbocycles. The Kier molecular flexibility index (Phi) is 20.4. The molecule has 0 saturated heterocycles. The van der Waals surface area contributed by atoms with Crippen molar-refractivity contribution in [3.05, 3.63) is 12.2 Å². The molecule has 200 valence electrons. The zero-order chi connectivity index (χ0) is 25.8. The van der Waals surface area contributed by atoms with Gasteiger partial charge in [-0.15, -0.1) is 0 Å². The fraction of sp³-hybridized carbons (Fsp3) is 0.862. The molecule has 0 rings (SSSR count). The Hall–Kier alpha value is -1.20. The van der Waals surface area contributed by atoms with Gasteiger partial charge in [0.15, 0.2) is 0 Å². The summed E-state index contributed by atoms with van der Waals surface area (Å²) in [5.41, 5.74) is 13.1. The number of hydrogen-bond acceptors (Lipinski definition) is 4. The van der Waals surface area contributed by atoms with Gasteiger partial charge < -0.3 is 16.9 Å². The van der Waals surface area contributed by atoms with Crippen LogP contribution in [0.1, 0.15) is 137 Å². The van der Waals surface area contributed by atoms with Crippen molar-refractivity contribution in [3.63, 3.8) is 0 Å². The van der Waals surface area contributed by atoms with Gasteiger partial charge in [0.25, 0.3) is 0 Å². The second kappa shape index (κ2) is 21.1. The van der Waals surface area contributed by atoms with Crippen LogP contribution in [0, 0.1) is 17.2 Å². The number of nitrogens with one attached hydrogen (secondary N) is 2. The van der Waals surface area contributed by atoms with Crippen LogP contribution < -0.4 is 16.8 Å². The minimum Gasteiger partial charge on any atom is -0.369 e. The van der Waals surface area contributed by atoms with E-state index in [-0.39, 0.29) is 30.0 Å². The van der Waals surface area contributed by atoms with Crippen molar-refractivity contribution >= 4 is 11.6 Å². The van der Waals surface area contributed by atoms with Crippen LogP contribution in [0.25, 0.3) is 0 Å². The topological polar surface area (TPSA) is 105 Å². The van der Waals surface area contributed by atoms with E-state index in [1.54, 1.807) is 0 Å². The Balaban J connectivity index is 3.95. The van der Waals surface area contributed by atoms with Crippen molar-refractivity contribution in [2.24, 2.45) is 23.3 Å². The zero-order valence-electron chi connectivity index (χ0n) is 23.1. The summed E-state index contributed by atoms with van der Waals surface area (Å²) in [6.45, 7) is 12.5. The van der Waals surface area contributed by atoms with Crippen LogP contribution in [0.3, 0.4) is 0 Å². The summed E-state index contributed by atoms with van der Waals surface area (Å²) in [7, 11) is 0. The first-order chi connectivity index (χ1) is 16.2.